The highest BCUT2D eigenvalue weighted by Crippen LogP contribution is 2.35. The fourth-order valence-electron chi connectivity index (χ4n) is 3.03. The lowest BCUT2D eigenvalue weighted by Gasteiger charge is -2.37. The predicted octanol–water partition coefficient (Wildman–Crippen LogP) is 4.18. The van der Waals surface area contributed by atoms with E-state index in [4.69, 9.17) is 4.74 Å². The lowest BCUT2D eigenvalue weighted by Crippen LogP contribution is -2.41. The first-order chi connectivity index (χ1) is 10.7. The maximum absolute atomic E-state index is 12.5. The Morgan fingerprint density at radius 1 is 1.09 bits per heavy atom. The molecule has 1 amide bonds. The second-order valence-corrected chi connectivity index (χ2v) is 5.89. The molecule has 0 saturated heterocycles. The van der Waals surface area contributed by atoms with Gasteiger partial charge in [-0.1, -0.05) is 54.6 Å². The molecule has 0 aromatic heterocycles. The highest BCUT2D eigenvalue weighted by atomic mass is 16.6. The zero-order valence-electron chi connectivity index (χ0n) is 13.0. The van der Waals surface area contributed by atoms with Crippen LogP contribution in [0.1, 0.15) is 36.6 Å². The molecule has 1 heterocycles. The number of fused-ring (bicyclic) bond motifs is 1. The first kappa shape index (κ1) is 14.6. The summed E-state index contributed by atoms with van der Waals surface area (Å²) in [6.07, 6.45) is 0.520. The molecule has 1 aliphatic heterocycles. The Morgan fingerprint density at radius 2 is 1.77 bits per heavy atom. The summed E-state index contributed by atoms with van der Waals surface area (Å²) in [4.78, 5) is 14.4. The molecule has 3 nitrogen and oxygen atoms in total. The third kappa shape index (κ3) is 2.84. The number of rotatable bonds is 2. The van der Waals surface area contributed by atoms with Crippen molar-refractivity contribution in [3.8, 4) is 0 Å². The highest BCUT2D eigenvalue weighted by molar-refractivity contribution is 5.70. The van der Waals surface area contributed by atoms with Gasteiger partial charge in [0, 0.05) is 6.54 Å². The minimum atomic E-state index is -0.238. The SMILES string of the molecule is CC(C)OC(=O)N1CCc2ccccc2[C@@H]1c1ccccc1. The molecule has 3 rings (SSSR count). The van der Waals surface area contributed by atoms with E-state index in [1.54, 1.807) is 0 Å². The Labute approximate surface area is 131 Å². The normalized spacial score (nSPS) is 17.2. The quantitative estimate of drug-likeness (QED) is 0.832. The molecule has 0 saturated carbocycles. The van der Waals surface area contributed by atoms with Gasteiger partial charge in [-0.3, -0.25) is 4.90 Å². The first-order valence-electron chi connectivity index (χ1n) is 7.77. The van der Waals surface area contributed by atoms with Gasteiger partial charge in [0.2, 0.25) is 0 Å². The number of amides is 1. The zero-order valence-corrected chi connectivity index (χ0v) is 13.0. The Morgan fingerprint density at radius 3 is 2.50 bits per heavy atom. The summed E-state index contributed by atoms with van der Waals surface area (Å²) < 4.78 is 5.44. The number of benzene rings is 2. The van der Waals surface area contributed by atoms with Crippen molar-refractivity contribution in [3.63, 3.8) is 0 Å². The Kier molecular flexibility index (Phi) is 4.14. The van der Waals surface area contributed by atoms with Gasteiger partial charge in [-0.2, -0.15) is 0 Å². The second-order valence-electron chi connectivity index (χ2n) is 5.89. The van der Waals surface area contributed by atoms with Crippen LogP contribution in [0.4, 0.5) is 4.79 Å². The third-order valence-electron chi connectivity index (χ3n) is 3.97. The number of hydrogen-bond donors (Lipinski definition) is 0. The highest BCUT2D eigenvalue weighted by Gasteiger charge is 2.32. The van der Waals surface area contributed by atoms with Gasteiger partial charge in [-0.25, -0.2) is 4.79 Å². The molecule has 1 atom stereocenters. The lowest BCUT2D eigenvalue weighted by atomic mass is 9.88. The molecule has 0 N–H and O–H groups in total. The van der Waals surface area contributed by atoms with E-state index >= 15 is 0 Å². The summed E-state index contributed by atoms with van der Waals surface area (Å²) in [5.41, 5.74) is 3.63. The Bertz CT molecular complexity index is 651. The Balaban J connectivity index is 2.02. The van der Waals surface area contributed by atoms with Crippen LogP contribution in [0.5, 0.6) is 0 Å². The van der Waals surface area contributed by atoms with Gasteiger partial charge in [0.1, 0.15) is 0 Å². The van der Waals surface area contributed by atoms with Crippen LogP contribution < -0.4 is 0 Å². The molecule has 0 spiro atoms. The van der Waals surface area contributed by atoms with Crippen LogP contribution >= 0.6 is 0 Å². The topological polar surface area (TPSA) is 29.5 Å². The van der Waals surface area contributed by atoms with Crippen molar-refractivity contribution in [1.82, 2.24) is 4.90 Å². The van der Waals surface area contributed by atoms with E-state index in [-0.39, 0.29) is 18.2 Å². The van der Waals surface area contributed by atoms with Crippen molar-refractivity contribution in [2.24, 2.45) is 0 Å². The molecule has 0 bridgehead atoms. The molecule has 1 aliphatic rings. The number of carbonyl (C=O) groups is 1. The third-order valence-corrected chi connectivity index (χ3v) is 3.97. The second kappa shape index (κ2) is 6.22. The number of ether oxygens (including phenoxy) is 1. The van der Waals surface area contributed by atoms with Crippen LogP contribution in [0.3, 0.4) is 0 Å². The van der Waals surface area contributed by atoms with Gasteiger partial charge in [-0.05, 0) is 37.0 Å². The monoisotopic (exact) mass is 295 g/mol. The van der Waals surface area contributed by atoms with Gasteiger partial charge < -0.3 is 4.74 Å². The summed E-state index contributed by atoms with van der Waals surface area (Å²) in [5.74, 6) is 0. The molecule has 0 fully saturated rings. The van der Waals surface area contributed by atoms with Crippen LogP contribution in [0.25, 0.3) is 0 Å². The molecule has 3 heteroatoms. The van der Waals surface area contributed by atoms with Crippen LogP contribution in [-0.4, -0.2) is 23.6 Å². The molecule has 0 unspecified atom stereocenters. The van der Waals surface area contributed by atoms with Gasteiger partial charge in [0.25, 0.3) is 0 Å². The van der Waals surface area contributed by atoms with Crippen molar-refractivity contribution in [3.05, 3.63) is 71.3 Å². The van der Waals surface area contributed by atoms with Crippen LogP contribution in [-0.2, 0) is 11.2 Å². The number of nitrogens with zero attached hydrogens (tertiary/aromatic N) is 1. The minimum absolute atomic E-state index is 0.0719. The summed E-state index contributed by atoms with van der Waals surface area (Å²) in [6.45, 7) is 4.45. The van der Waals surface area contributed by atoms with Gasteiger partial charge in [0.05, 0.1) is 12.1 Å². The zero-order chi connectivity index (χ0) is 15.5. The molecule has 0 aliphatic carbocycles. The molecule has 22 heavy (non-hydrogen) atoms. The Hall–Kier alpha value is -2.29. The number of carbonyl (C=O) groups excluding carboxylic acids is 1. The largest absolute Gasteiger partial charge is 0.447 e. The average molecular weight is 295 g/mol. The summed E-state index contributed by atoms with van der Waals surface area (Å²) in [7, 11) is 0. The predicted molar refractivity (Wildman–Crippen MR) is 86.8 cm³/mol. The smallest absolute Gasteiger partial charge is 0.410 e. The van der Waals surface area contributed by atoms with Crippen LogP contribution in [0, 0.1) is 0 Å². The maximum atomic E-state index is 12.5. The van der Waals surface area contributed by atoms with Gasteiger partial charge in [-0.15, -0.1) is 0 Å². The fraction of sp³-hybridized carbons (Fsp3) is 0.316. The number of hydrogen-bond acceptors (Lipinski definition) is 2. The summed E-state index contributed by atoms with van der Waals surface area (Å²) in [6, 6.07) is 18.4. The average Bonchev–Trinajstić information content (AvgIpc) is 2.54. The van der Waals surface area contributed by atoms with Crippen molar-refractivity contribution >= 4 is 6.09 Å². The standard InChI is InChI=1S/C19H21NO2/c1-14(2)22-19(21)20-13-12-15-8-6-7-11-17(15)18(20)16-9-4-3-5-10-16/h3-11,14,18H,12-13H2,1-2H3/t18-/m0/s1. The molecular weight excluding hydrogens is 274 g/mol. The molecule has 0 radical (unpaired) electrons. The maximum Gasteiger partial charge on any atom is 0.410 e. The van der Waals surface area contributed by atoms with Crippen molar-refractivity contribution < 1.29 is 9.53 Å². The summed E-state index contributed by atoms with van der Waals surface area (Å²) in [5, 5.41) is 0. The molecule has 2 aromatic rings. The fourth-order valence-corrected chi connectivity index (χ4v) is 3.03. The van der Waals surface area contributed by atoms with Crippen molar-refractivity contribution in [2.75, 3.05) is 6.54 Å². The van der Waals surface area contributed by atoms with Crippen LogP contribution in [0.2, 0.25) is 0 Å². The summed E-state index contributed by atoms with van der Waals surface area (Å²) >= 11 is 0. The van der Waals surface area contributed by atoms with E-state index in [9.17, 15) is 4.79 Å². The van der Waals surface area contributed by atoms with E-state index in [1.807, 2.05) is 43.0 Å². The van der Waals surface area contributed by atoms with E-state index in [0.717, 1.165) is 12.0 Å². The molecule has 2 aromatic carbocycles. The molecule has 114 valence electrons. The minimum Gasteiger partial charge on any atom is -0.447 e. The lowest BCUT2D eigenvalue weighted by molar-refractivity contribution is 0.0660. The van der Waals surface area contributed by atoms with E-state index < -0.39 is 0 Å². The van der Waals surface area contributed by atoms with Crippen molar-refractivity contribution in [1.29, 1.82) is 0 Å². The van der Waals surface area contributed by atoms with E-state index in [0.29, 0.717) is 6.54 Å². The van der Waals surface area contributed by atoms with E-state index in [1.165, 1.54) is 11.1 Å². The van der Waals surface area contributed by atoms with Gasteiger partial charge in [0.15, 0.2) is 0 Å². The molecular formula is C19H21NO2. The first-order valence-corrected chi connectivity index (χ1v) is 7.77. The van der Waals surface area contributed by atoms with Crippen molar-refractivity contribution in [2.45, 2.75) is 32.4 Å². The van der Waals surface area contributed by atoms with Gasteiger partial charge >= 0.3 is 6.09 Å². The van der Waals surface area contributed by atoms with E-state index in [2.05, 4.69) is 30.3 Å². The van der Waals surface area contributed by atoms with Crippen LogP contribution in [0.15, 0.2) is 54.6 Å².